The first-order valence-corrected chi connectivity index (χ1v) is 8.70. The van der Waals surface area contributed by atoms with Crippen LogP contribution >= 0.6 is 0 Å². The molecule has 1 heterocycles. The van der Waals surface area contributed by atoms with Crippen LogP contribution in [0.2, 0.25) is 0 Å². The molecule has 4 nitrogen and oxygen atoms in total. The van der Waals surface area contributed by atoms with Gasteiger partial charge >= 0.3 is 0 Å². The predicted octanol–water partition coefficient (Wildman–Crippen LogP) is 3.39. The molecule has 1 saturated carbocycles. The van der Waals surface area contributed by atoms with Crippen molar-refractivity contribution in [3.8, 4) is 0 Å². The second kappa shape index (κ2) is 7.30. The number of rotatable bonds is 5. The Balaban J connectivity index is 2.00. The predicted molar refractivity (Wildman–Crippen MR) is 89.8 cm³/mol. The van der Waals surface area contributed by atoms with Crippen molar-refractivity contribution in [2.45, 2.75) is 79.3 Å². The SMILES string of the molecule is Cc1nn(CC(C)C)c(C)c1CC(=O)NC1CCCCC1C. The van der Waals surface area contributed by atoms with Crippen LogP contribution in [0.3, 0.4) is 0 Å². The molecule has 2 unspecified atom stereocenters. The molecule has 0 bridgehead atoms. The van der Waals surface area contributed by atoms with Gasteiger partial charge in [-0.1, -0.05) is 33.6 Å². The molecular formula is C18H31N3O. The third-order valence-electron chi connectivity index (χ3n) is 4.86. The first kappa shape index (κ1) is 17.0. The van der Waals surface area contributed by atoms with Gasteiger partial charge < -0.3 is 5.32 Å². The van der Waals surface area contributed by atoms with Crippen LogP contribution in [0, 0.1) is 25.7 Å². The van der Waals surface area contributed by atoms with Crippen LogP contribution in [-0.2, 0) is 17.8 Å². The van der Waals surface area contributed by atoms with Crippen LogP contribution < -0.4 is 5.32 Å². The molecule has 0 saturated heterocycles. The van der Waals surface area contributed by atoms with Crippen molar-refractivity contribution in [1.82, 2.24) is 15.1 Å². The molecule has 0 spiro atoms. The molecule has 22 heavy (non-hydrogen) atoms. The zero-order chi connectivity index (χ0) is 16.3. The van der Waals surface area contributed by atoms with Crippen molar-refractivity contribution >= 4 is 5.91 Å². The Bertz CT molecular complexity index is 519. The van der Waals surface area contributed by atoms with Gasteiger partial charge in [-0.25, -0.2) is 0 Å². The Labute approximate surface area is 134 Å². The number of carbonyl (C=O) groups excluding carboxylic acids is 1. The van der Waals surface area contributed by atoms with Gasteiger partial charge in [0.05, 0.1) is 12.1 Å². The van der Waals surface area contributed by atoms with E-state index in [1.165, 1.54) is 19.3 Å². The number of aromatic nitrogens is 2. The zero-order valence-corrected chi connectivity index (χ0v) is 14.8. The van der Waals surface area contributed by atoms with Crippen molar-refractivity contribution in [3.63, 3.8) is 0 Å². The number of hydrogen-bond donors (Lipinski definition) is 1. The van der Waals surface area contributed by atoms with Gasteiger partial charge in [-0.05, 0) is 38.5 Å². The van der Waals surface area contributed by atoms with Crippen LogP contribution in [-0.4, -0.2) is 21.7 Å². The highest BCUT2D eigenvalue weighted by atomic mass is 16.1. The smallest absolute Gasteiger partial charge is 0.224 e. The monoisotopic (exact) mass is 305 g/mol. The summed E-state index contributed by atoms with van der Waals surface area (Å²) >= 11 is 0. The highest BCUT2D eigenvalue weighted by Crippen LogP contribution is 2.24. The van der Waals surface area contributed by atoms with E-state index in [1.807, 2.05) is 11.6 Å². The van der Waals surface area contributed by atoms with Crippen LogP contribution in [0.4, 0.5) is 0 Å². The van der Waals surface area contributed by atoms with E-state index >= 15 is 0 Å². The summed E-state index contributed by atoms with van der Waals surface area (Å²) in [5, 5.41) is 7.85. The van der Waals surface area contributed by atoms with Gasteiger partial charge in [0, 0.05) is 23.8 Å². The van der Waals surface area contributed by atoms with Gasteiger partial charge in [-0.15, -0.1) is 0 Å². The second-order valence-corrected chi connectivity index (χ2v) is 7.34. The van der Waals surface area contributed by atoms with Crippen LogP contribution in [0.5, 0.6) is 0 Å². The Kier molecular flexibility index (Phi) is 5.65. The summed E-state index contributed by atoms with van der Waals surface area (Å²) in [6.07, 6.45) is 5.35. The van der Waals surface area contributed by atoms with E-state index in [-0.39, 0.29) is 5.91 Å². The molecule has 1 amide bonds. The minimum absolute atomic E-state index is 0.147. The van der Waals surface area contributed by atoms with Gasteiger partial charge in [0.25, 0.3) is 0 Å². The van der Waals surface area contributed by atoms with E-state index in [2.05, 4.69) is 38.1 Å². The van der Waals surface area contributed by atoms with Crippen LogP contribution in [0.25, 0.3) is 0 Å². The zero-order valence-electron chi connectivity index (χ0n) is 14.8. The van der Waals surface area contributed by atoms with Crippen LogP contribution in [0.15, 0.2) is 0 Å². The van der Waals surface area contributed by atoms with Crippen molar-refractivity contribution in [2.75, 3.05) is 0 Å². The quantitative estimate of drug-likeness (QED) is 0.906. The van der Waals surface area contributed by atoms with Crippen molar-refractivity contribution in [2.24, 2.45) is 11.8 Å². The number of nitrogens with zero attached hydrogens (tertiary/aromatic N) is 2. The minimum Gasteiger partial charge on any atom is -0.353 e. The molecule has 4 heteroatoms. The summed E-state index contributed by atoms with van der Waals surface area (Å²) in [5.74, 6) is 1.31. The van der Waals surface area contributed by atoms with Gasteiger partial charge in [0.1, 0.15) is 0 Å². The molecule has 1 aliphatic rings. The third-order valence-corrected chi connectivity index (χ3v) is 4.86. The highest BCUT2D eigenvalue weighted by Gasteiger charge is 2.24. The summed E-state index contributed by atoms with van der Waals surface area (Å²) in [4.78, 5) is 12.4. The minimum atomic E-state index is 0.147. The molecule has 0 radical (unpaired) electrons. The van der Waals surface area contributed by atoms with E-state index in [4.69, 9.17) is 0 Å². The molecule has 124 valence electrons. The van der Waals surface area contributed by atoms with Crippen molar-refractivity contribution < 1.29 is 4.79 Å². The molecule has 2 rings (SSSR count). The Morgan fingerprint density at radius 2 is 2.00 bits per heavy atom. The fourth-order valence-electron chi connectivity index (χ4n) is 3.46. The van der Waals surface area contributed by atoms with E-state index in [0.717, 1.165) is 29.9 Å². The highest BCUT2D eigenvalue weighted by molar-refractivity contribution is 5.79. The first-order valence-electron chi connectivity index (χ1n) is 8.70. The van der Waals surface area contributed by atoms with E-state index in [0.29, 0.717) is 24.3 Å². The molecule has 1 aromatic rings. The standard InChI is InChI=1S/C18H31N3O/c1-12(2)11-21-15(5)16(14(4)20-21)10-18(22)19-17-9-7-6-8-13(17)3/h12-13,17H,6-11H2,1-5H3,(H,19,22). The summed E-state index contributed by atoms with van der Waals surface area (Å²) in [7, 11) is 0. The fourth-order valence-corrected chi connectivity index (χ4v) is 3.46. The molecule has 0 aromatic carbocycles. The number of aryl methyl sites for hydroxylation is 1. The average molecular weight is 305 g/mol. The first-order chi connectivity index (χ1) is 10.4. The van der Waals surface area contributed by atoms with Crippen molar-refractivity contribution in [1.29, 1.82) is 0 Å². The Morgan fingerprint density at radius 3 is 2.64 bits per heavy atom. The maximum Gasteiger partial charge on any atom is 0.224 e. The summed E-state index contributed by atoms with van der Waals surface area (Å²) in [5.41, 5.74) is 3.23. The Morgan fingerprint density at radius 1 is 1.32 bits per heavy atom. The number of hydrogen-bond acceptors (Lipinski definition) is 2. The molecule has 2 atom stereocenters. The van der Waals surface area contributed by atoms with Crippen molar-refractivity contribution in [3.05, 3.63) is 17.0 Å². The Hall–Kier alpha value is -1.32. The lowest BCUT2D eigenvalue weighted by atomic mass is 9.86. The molecule has 1 fully saturated rings. The largest absolute Gasteiger partial charge is 0.353 e. The summed E-state index contributed by atoms with van der Waals surface area (Å²) in [6.45, 7) is 11.6. The van der Waals surface area contributed by atoms with Gasteiger partial charge in [-0.3, -0.25) is 9.48 Å². The maximum atomic E-state index is 12.4. The van der Waals surface area contributed by atoms with Gasteiger partial charge in [0.15, 0.2) is 0 Å². The third kappa shape index (κ3) is 4.11. The summed E-state index contributed by atoms with van der Waals surface area (Å²) in [6, 6.07) is 0.354. The average Bonchev–Trinajstić information content (AvgIpc) is 2.68. The lowest BCUT2D eigenvalue weighted by Crippen LogP contribution is -2.41. The molecule has 1 aliphatic carbocycles. The van der Waals surface area contributed by atoms with E-state index in [1.54, 1.807) is 0 Å². The maximum absolute atomic E-state index is 12.4. The fraction of sp³-hybridized carbons (Fsp3) is 0.778. The van der Waals surface area contributed by atoms with E-state index in [9.17, 15) is 4.79 Å². The van der Waals surface area contributed by atoms with E-state index < -0.39 is 0 Å². The number of amides is 1. The number of carbonyl (C=O) groups is 1. The van der Waals surface area contributed by atoms with Gasteiger partial charge in [-0.2, -0.15) is 5.10 Å². The lowest BCUT2D eigenvalue weighted by Gasteiger charge is -2.29. The topological polar surface area (TPSA) is 46.9 Å². The molecule has 1 aromatic heterocycles. The van der Waals surface area contributed by atoms with Crippen LogP contribution in [0.1, 0.15) is 63.4 Å². The summed E-state index contributed by atoms with van der Waals surface area (Å²) < 4.78 is 2.05. The lowest BCUT2D eigenvalue weighted by molar-refractivity contribution is -0.121. The molecule has 0 aliphatic heterocycles. The second-order valence-electron chi connectivity index (χ2n) is 7.34. The van der Waals surface area contributed by atoms with Gasteiger partial charge in [0.2, 0.25) is 5.91 Å². The normalized spacial score (nSPS) is 22.1. The molecular weight excluding hydrogens is 274 g/mol. The molecule has 1 N–H and O–H groups in total. The number of nitrogens with one attached hydrogen (secondary N) is 1.